The first-order valence-corrected chi connectivity index (χ1v) is 11.9. The molecule has 0 spiro atoms. The van der Waals surface area contributed by atoms with Gasteiger partial charge in [-0.15, -0.1) is 0 Å². The smallest absolute Gasteiger partial charge is 0.309 e. The highest BCUT2D eigenvalue weighted by atomic mass is 19.1. The molecule has 5 nitrogen and oxygen atoms in total. The Kier molecular flexibility index (Phi) is 5.61. The van der Waals surface area contributed by atoms with E-state index in [0.29, 0.717) is 0 Å². The molecule has 3 N–H and O–H groups in total. The number of aliphatic carboxylic acids is 1. The quantitative estimate of drug-likeness (QED) is 0.482. The predicted molar refractivity (Wildman–Crippen MR) is 131 cm³/mol. The summed E-state index contributed by atoms with van der Waals surface area (Å²) in [6, 6.07) is 20.1. The molecule has 2 aliphatic rings. The third-order valence-corrected chi connectivity index (χ3v) is 7.66. The van der Waals surface area contributed by atoms with Crippen LogP contribution in [0, 0.1) is 11.2 Å². The fourth-order valence-corrected chi connectivity index (χ4v) is 5.85. The number of hydrogen-bond acceptors (Lipinski definition) is 4. The van der Waals surface area contributed by atoms with E-state index in [1.54, 1.807) is 19.1 Å². The molecule has 1 aliphatic carbocycles. The van der Waals surface area contributed by atoms with Crippen LogP contribution in [0.25, 0.3) is 10.8 Å². The summed E-state index contributed by atoms with van der Waals surface area (Å²) in [4.78, 5) is 13.7. The highest BCUT2D eigenvalue weighted by molar-refractivity contribution is 5.86. The molecule has 178 valence electrons. The number of aliphatic hydroxyl groups is 1. The third kappa shape index (κ3) is 3.95. The normalized spacial score (nSPS) is 27.5. The van der Waals surface area contributed by atoms with Crippen molar-refractivity contribution < 1.29 is 19.4 Å². The molecule has 0 amide bonds. The zero-order chi connectivity index (χ0) is 24.1. The summed E-state index contributed by atoms with van der Waals surface area (Å²) in [5.74, 6) is -1.44. The van der Waals surface area contributed by atoms with Crippen LogP contribution in [-0.4, -0.2) is 35.3 Å². The van der Waals surface area contributed by atoms with Crippen LogP contribution in [0.4, 0.5) is 10.1 Å². The Morgan fingerprint density at radius 2 is 1.88 bits per heavy atom. The first-order valence-electron chi connectivity index (χ1n) is 11.9. The van der Waals surface area contributed by atoms with Gasteiger partial charge in [0.1, 0.15) is 5.82 Å². The molecule has 1 aliphatic heterocycles. The van der Waals surface area contributed by atoms with Gasteiger partial charge in [0.2, 0.25) is 0 Å². The van der Waals surface area contributed by atoms with E-state index in [-0.39, 0.29) is 30.5 Å². The second kappa shape index (κ2) is 8.36. The molecular weight excluding hydrogens is 431 g/mol. The molecular formula is C28H31FN2O3. The Labute approximate surface area is 199 Å². The monoisotopic (exact) mass is 462 g/mol. The van der Waals surface area contributed by atoms with E-state index < -0.39 is 22.8 Å². The number of anilines is 1. The highest BCUT2D eigenvalue weighted by Gasteiger charge is 2.57. The first kappa shape index (κ1) is 22.8. The van der Waals surface area contributed by atoms with Crippen LogP contribution in [0.1, 0.15) is 50.3 Å². The van der Waals surface area contributed by atoms with Crippen molar-refractivity contribution in [2.24, 2.45) is 5.41 Å². The van der Waals surface area contributed by atoms with Gasteiger partial charge in [-0.3, -0.25) is 4.79 Å². The molecule has 0 aromatic heterocycles. The molecule has 34 heavy (non-hydrogen) atoms. The van der Waals surface area contributed by atoms with Gasteiger partial charge >= 0.3 is 5.97 Å². The predicted octanol–water partition coefficient (Wildman–Crippen LogP) is 4.98. The fourth-order valence-electron chi connectivity index (χ4n) is 5.85. The summed E-state index contributed by atoms with van der Waals surface area (Å²) < 4.78 is 14.7. The average molecular weight is 463 g/mol. The maximum absolute atomic E-state index is 14.7. The summed E-state index contributed by atoms with van der Waals surface area (Å²) in [6.45, 7) is 5.40. The molecule has 1 unspecified atom stereocenters. The first-order chi connectivity index (χ1) is 16.2. The Morgan fingerprint density at radius 3 is 2.65 bits per heavy atom. The Hall–Kier alpha value is -2.96. The number of nitrogens with one attached hydrogen (secondary N) is 1. The number of carboxylic acids is 1. The number of halogens is 1. The van der Waals surface area contributed by atoms with E-state index in [1.165, 1.54) is 22.4 Å². The lowest BCUT2D eigenvalue weighted by atomic mass is 9.58. The molecule has 3 aromatic carbocycles. The summed E-state index contributed by atoms with van der Waals surface area (Å²) in [5, 5.41) is 26.6. The minimum atomic E-state index is -1.44. The lowest BCUT2D eigenvalue weighted by Gasteiger charge is -2.49. The van der Waals surface area contributed by atoms with Crippen LogP contribution in [0.5, 0.6) is 0 Å². The zero-order valence-electron chi connectivity index (χ0n) is 19.6. The van der Waals surface area contributed by atoms with E-state index in [0.717, 1.165) is 25.2 Å². The molecule has 2 fully saturated rings. The lowest BCUT2D eigenvalue weighted by molar-refractivity contribution is -0.180. The number of fused-ring (bicyclic) bond motifs is 1. The van der Waals surface area contributed by atoms with Crippen LogP contribution in [0.2, 0.25) is 0 Å². The van der Waals surface area contributed by atoms with Gasteiger partial charge in [0.15, 0.2) is 0 Å². The summed E-state index contributed by atoms with van der Waals surface area (Å²) >= 11 is 0. The second-order valence-corrected chi connectivity index (χ2v) is 10.3. The number of carboxylic acid groups (broad SMARTS) is 1. The fraction of sp³-hybridized carbons (Fsp3) is 0.393. The van der Waals surface area contributed by atoms with Gasteiger partial charge in [-0.2, -0.15) is 0 Å². The van der Waals surface area contributed by atoms with Crippen molar-refractivity contribution in [2.75, 3.05) is 18.0 Å². The SMILES string of the molecule is C[C@@H](NC1CCN(c2ccc(F)c(C3(O)CC(C)(C(=O)O)C3)c2)C1)c1cccc2ccccc12. The molecule has 1 heterocycles. The van der Waals surface area contributed by atoms with Gasteiger partial charge in [0.05, 0.1) is 11.0 Å². The van der Waals surface area contributed by atoms with Gasteiger partial charge < -0.3 is 20.4 Å². The molecule has 1 saturated heterocycles. The van der Waals surface area contributed by atoms with Crippen molar-refractivity contribution in [3.05, 3.63) is 77.6 Å². The van der Waals surface area contributed by atoms with Crippen LogP contribution < -0.4 is 10.2 Å². The van der Waals surface area contributed by atoms with Crippen molar-refractivity contribution in [3.8, 4) is 0 Å². The Morgan fingerprint density at radius 1 is 1.15 bits per heavy atom. The van der Waals surface area contributed by atoms with Gasteiger partial charge in [-0.1, -0.05) is 42.5 Å². The van der Waals surface area contributed by atoms with Gasteiger partial charge in [0, 0.05) is 36.4 Å². The van der Waals surface area contributed by atoms with E-state index >= 15 is 0 Å². The van der Waals surface area contributed by atoms with Gasteiger partial charge in [-0.25, -0.2) is 4.39 Å². The van der Waals surface area contributed by atoms with E-state index in [4.69, 9.17) is 0 Å². The highest BCUT2D eigenvalue weighted by Crippen LogP contribution is 2.55. The minimum Gasteiger partial charge on any atom is -0.481 e. The van der Waals surface area contributed by atoms with E-state index in [2.05, 4.69) is 59.6 Å². The maximum atomic E-state index is 14.7. The minimum absolute atomic E-state index is 0.0163. The van der Waals surface area contributed by atoms with Crippen molar-refractivity contribution in [2.45, 2.75) is 50.8 Å². The standard InChI is InChI=1S/C28H31FN2O3/c1-18(22-9-5-7-19-6-3-4-8-23(19)22)30-20-12-13-31(15-20)21-10-11-25(29)24(14-21)28(34)16-27(2,17-28)26(32)33/h3-11,14,18,20,30,34H,12-13,15-17H2,1-2H3,(H,32,33)/t18-,20?,27?,28?/m1/s1. The van der Waals surface area contributed by atoms with Gasteiger partial charge in [0.25, 0.3) is 0 Å². The van der Waals surface area contributed by atoms with Crippen molar-refractivity contribution in [1.82, 2.24) is 5.32 Å². The van der Waals surface area contributed by atoms with Crippen molar-refractivity contribution in [3.63, 3.8) is 0 Å². The Bertz CT molecular complexity index is 1230. The van der Waals surface area contributed by atoms with Crippen LogP contribution >= 0.6 is 0 Å². The number of carbonyl (C=O) groups is 1. The molecule has 0 bridgehead atoms. The molecule has 5 rings (SSSR count). The maximum Gasteiger partial charge on any atom is 0.309 e. The number of benzene rings is 3. The average Bonchev–Trinajstić information content (AvgIpc) is 3.26. The Balaban J connectivity index is 1.29. The molecule has 0 radical (unpaired) electrons. The zero-order valence-corrected chi connectivity index (χ0v) is 19.6. The topological polar surface area (TPSA) is 72.8 Å². The second-order valence-electron chi connectivity index (χ2n) is 10.3. The van der Waals surface area contributed by atoms with Gasteiger partial charge in [-0.05, 0) is 67.6 Å². The molecule has 3 aromatic rings. The van der Waals surface area contributed by atoms with Crippen molar-refractivity contribution in [1.29, 1.82) is 0 Å². The lowest BCUT2D eigenvalue weighted by Crippen LogP contribution is -2.52. The number of rotatable bonds is 6. The molecule has 2 atom stereocenters. The molecule has 6 heteroatoms. The number of hydrogen-bond donors (Lipinski definition) is 3. The van der Waals surface area contributed by atoms with Crippen LogP contribution in [0.3, 0.4) is 0 Å². The summed E-state index contributed by atoms with van der Waals surface area (Å²) in [5.41, 5.74) is -0.125. The van der Waals surface area contributed by atoms with Crippen LogP contribution in [0.15, 0.2) is 60.7 Å². The molecule has 1 saturated carbocycles. The van der Waals surface area contributed by atoms with Crippen LogP contribution in [-0.2, 0) is 10.4 Å². The number of nitrogens with zero attached hydrogens (tertiary/aromatic N) is 1. The van der Waals surface area contributed by atoms with Crippen molar-refractivity contribution >= 4 is 22.4 Å². The summed E-state index contributed by atoms with van der Waals surface area (Å²) in [7, 11) is 0. The largest absolute Gasteiger partial charge is 0.481 e. The van der Waals surface area contributed by atoms with E-state index in [9.17, 15) is 19.4 Å². The van der Waals surface area contributed by atoms with E-state index in [1.807, 2.05) is 0 Å². The third-order valence-electron chi connectivity index (χ3n) is 7.66. The summed E-state index contributed by atoms with van der Waals surface area (Å²) in [6.07, 6.45) is 0.994.